The number of primary amides is 1. The summed E-state index contributed by atoms with van der Waals surface area (Å²) < 4.78 is 5.65. The van der Waals surface area contributed by atoms with Crippen LogP contribution in [-0.4, -0.2) is 18.4 Å². The minimum absolute atomic E-state index is 0.117. The average molecular weight is 443 g/mol. The molecule has 0 saturated carbocycles. The number of hydrogen-bond donors (Lipinski definition) is 2. The van der Waals surface area contributed by atoms with Gasteiger partial charge in [-0.1, -0.05) is 46.8 Å². The summed E-state index contributed by atoms with van der Waals surface area (Å²) in [5, 5.41) is 3.41. The van der Waals surface area contributed by atoms with Gasteiger partial charge in [0.1, 0.15) is 10.8 Å². The number of carbonyl (C=O) groups excluding carboxylic acids is 2. The number of carbonyl (C=O) groups is 2. The number of benzene rings is 1. The van der Waals surface area contributed by atoms with Crippen LogP contribution in [0.3, 0.4) is 0 Å². The SMILES string of the molecule is CC[C@H](C)c1ccc(OCC(=O)Nc2sc3c(c2C(N)=O)CC[C@H](C(C)(C)C)C3)cc1. The highest BCUT2D eigenvalue weighted by Crippen LogP contribution is 2.44. The van der Waals surface area contributed by atoms with Crippen molar-refractivity contribution in [3.63, 3.8) is 0 Å². The Morgan fingerprint density at radius 1 is 1.26 bits per heavy atom. The van der Waals surface area contributed by atoms with E-state index >= 15 is 0 Å². The number of anilines is 1. The number of hydrogen-bond acceptors (Lipinski definition) is 4. The van der Waals surface area contributed by atoms with Crippen molar-refractivity contribution in [2.45, 2.75) is 66.2 Å². The molecule has 31 heavy (non-hydrogen) atoms. The average Bonchev–Trinajstić information content (AvgIpc) is 3.08. The monoisotopic (exact) mass is 442 g/mol. The van der Waals surface area contributed by atoms with Gasteiger partial charge in [-0.3, -0.25) is 9.59 Å². The minimum atomic E-state index is -0.483. The van der Waals surface area contributed by atoms with Crippen LogP contribution in [0, 0.1) is 11.3 Å². The van der Waals surface area contributed by atoms with Crippen LogP contribution in [-0.2, 0) is 17.6 Å². The summed E-state index contributed by atoms with van der Waals surface area (Å²) >= 11 is 1.48. The van der Waals surface area contributed by atoms with Gasteiger partial charge in [-0.15, -0.1) is 11.3 Å². The second-order valence-corrected chi connectivity index (χ2v) is 10.7. The van der Waals surface area contributed by atoms with E-state index in [4.69, 9.17) is 10.5 Å². The third-order valence-electron chi connectivity index (χ3n) is 6.42. The van der Waals surface area contributed by atoms with Crippen molar-refractivity contribution in [2.24, 2.45) is 17.1 Å². The maximum atomic E-state index is 12.5. The summed E-state index contributed by atoms with van der Waals surface area (Å²) in [6.07, 6.45) is 3.84. The molecule has 0 radical (unpaired) electrons. The fourth-order valence-corrected chi connectivity index (χ4v) is 5.46. The number of fused-ring (bicyclic) bond motifs is 1. The Balaban J connectivity index is 1.67. The topological polar surface area (TPSA) is 81.4 Å². The van der Waals surface area contributed by atoms with Gasteiger partial charge in [-0.05, 0) is 66.2 Å². The van der Waals surface area contributed by atoms with Crippen LogP contribution in [0.15, 0.2) is 24.3 Å². The van der Waals surface area contributed by atoms with E-state index in [0.29, 0.717) is 28.1 Å². The van der Waals surface area contributed by atoms with E-state index in [2.05, 4.69) is 39.9 Å². The van der Waals surface area contributed by atoms with Crippen LogP contribution in [0.25, 0.3) is 0 Å². The second-order valence-electron chi connectivity index (χ2n) is 9.59. The molecule has 1 aromatic carbocycles. The van der Waals surface area contributed by atoms with E-state index in [1.807, 2.05) is 24.3 Å². The molecule has 168 valence electrons. The molecule has 0 bridgehead atoms. The fourth-order valence-electron chi connectivity index (χ4n) is 4.11. The molecule has 0 saturated heterocycles. The van der Waals surface area contributed by atoms with Gasteiger partial charge in [0.25, 0.3) is 11.8 Å². The number of ether oxygens (including phenoxy) is 1. The highest BCUT2D eigenvalue weighted by atomic mass is 32.1. The Labute approximate surface area is 189 Å². The summed E-state index contributed by atoms with van der Waals surface area (Å²) in [6, 6.07) is 7.84. The Kier molecular flexibility index (Phi) is 7.10. The zero-order chi connectivity index (χ0) is 22.8. The van der Waals surface area contributed by atoms with Crippen molar-refractivity contribution in [1.82, 2.24) is 0 Å². The Morgan fingerprint density at radius 3 is 2.52 bits per heavy atom. The normalized spacial score (nSPS) is 17.0. The van der Waals surface area contributed by atoms with E-state index in [9.17, 15) is 9.59 Å². The van der Waals surface area contributed by atoms with Crippen molar-refractivity contribution >= 4 is 28.2 Å². The highest BCUT2D eigenvalue weighted by molar-refractivity contribution is 7.17. The molecule has 1 aliphatic rings. The lowest BCUT2D eigenvalue weighted by Crippen LogP contribution is -2.27. The Hall–Kier alpha value is -2.34. The zero-order valence-corrected chi connectivity index (χ0v) is 20.0. The maximum Gasteiger partial charge on any atom is 0.262 e. The van der Waals surface area contributed by atoms with Gasteiger partial charge in [-0.2, -0.15) is 0 Å². The van der Waals surface area contributed by atoms with E-state index in [0.717, 1.165) is 36.1 Å². The van der Waals surface area contributed by atoms with E-state index < -0.39 is 5.91 Å². The third-order valence-corrected chi connectivity index (χ3v) is 7.59. The van der Waals surface area contributed by atoms with Gasteiger partial charge in [0.05, 0.1) is 5.56 Å². The molecular weight excluding hydrogens is 408 g/mol. The number of nitrogens with two attached hydrogens (primary N) is 1. The van der Waals surface area contributed by atoms with Crippen molar-refractivity contribution < 1.29 is 14.3 Å². The predicted molar refractivity (Wildman–Crippen MR) is 127 cm³/mol. The molecule has 2 atom stereocenters. The summed E-state index contributed by atoms with van der Waals surface area (Å²) in [4.78, 5) is 25.9. The molecule has 1 aromatic heterocycles. The van der Waals surface area contributed by atoms with Crippen molar-refractivity contribution in [3.8, 4) is 5.75 Å². The standard InChI is InChI=1S/C25H34N2O3S/c1-6-15(2)16-7-10-18(11-8-16)30-14-21(28)27-24-22(23(26)29)19-12-9-17(25(3,4)5)13-20(19)31-24/h7-8,10-11,15,17H,6,9,12-14H2,1-5H3,(H2,26,29)(H,27,28)/t15-,17-/m0/s1. The lowest BCUT2D eigenvalue weighted by atomic mass is 9.72. The zero-order valence-electron chi connectivity index (χ0n) is 19.2. The first-order valence-electron chi connectivity index (χ1n) is 11.1. The van der Waals surface area contributed by atoms with Crippen LogP contribution >= 0.6 is 11.3 Å². The molecule has 1 aliphatic carbocycles. The predicted octanol–water partition coefficient (Wildman–Crippen LogP) is 5.53. The molecule has 3 rings (SSSR count). The van der Waals surface area contributed by atoms with Crippen LogP contribution in [0.2, 0.25) is 0 Å². The van der Waals surface area contributed by atoms with Crippen LogP contribution in [0.1, 0.15) is 79.7 Å². The number of rotatable bonds is 7. The quantitative estimate of drug-likeness (QED) is 0.591. The fraction of sp³-hybridized carbons (Fsp3) is 0.520. The highest BCUT2D eigenvalue weighted by Gasteiger charge is 2.33. The molecule has 5 nitrogen and oxygen atoms in total. The summed E-state index contributed by atoms with van der Waals surface area (Å²) in [6.45, 7) is 11.0. The van der Waals surface area contributed by atoms with E-state index in [1.54, 1.807) is 0 Å². The largest absolute Gasteiger partial charge is 0.484 e. The van der Waals surface area contributed by atoms with Gasteiger partial charge < -0.3 is 15.8 Å². The molecule has 2 aromatic rings. The van der Waals surface area contributed by atoms with Gasteiger partial charge >= 0.3 is 0 Å². The Bertz CT molecular complexity index is 941. The molecule has 0 aliphatic heterocycles. The summed E-state index contributed by atoms with van der Waals surface area (Å²) in [7, 11) is 0. The Morgan fingerprint density at radius 2 is 1.94 bits per heavy atom. The summed E-state index contributed by atoms with van der Waals surface area (Å²) in [5.41, 5.74) is 8.62. The van der Waals surface area contributed by atoms with Crippen LogP contribution in [0.4, 0.5) is 5.00 Å². The van der Waals surface area contributed by atoms with Gasteiger partial charge in [0.2, 0.25) is 0 Å². The first kappa shape index (κ1) is 23.3. The molecule has 0 fully saturated rings. The van der Waals surface area contributed by atoms with Crippen molar-refractivity contribution in [3.05, 3.63) is 45.8 Å². The van der Waals surface area contributed by atoms with E-state index in [1.165, 1.54) is 16.9 Å². The van der Waals surface area contributed by atoms with Gasteiger partial charge in [0.15, 0.2) is 6.61 Å². The molecule has 3 N–H and O–H groups in total. The van der Waals surface area contributed by atoms with Crippen LogP contribution in [0.5, 0.6) is 5.75 Å². The first-order chi connectivity index (χ1) is 14.6. The smallest absolute Gasteiger partial charge is 0.262 e. The number of thiophene rings is 1. The molecule has 2 amide bonds. The maximum absolute atomic E-state index is 12.5. The molecule has 6 heteroatoms. The molecular formula is C25H34N2O3S. The first-order valence-corrected chi connectivity index (χ1v) is 11.9. The van der Waals surface area contributed by atoms with E-state index in [-0.39, 0.29) is 17.9 Å². The number of nitrogens with one attached hydrogen (secondary N) is 1. The van der Waals surface area contributed by atoms with Crippen LogP contribution < -0.4 is 15.8 Å². The third kappa shape index (κ3) is 5.48. The molecule has 0 unspecified atom stereocenters. The van der Waals surface area contributed by atoms with Crippen molar-refractivity contribution in [1.29, 1.82) is 0 Å². The summed E-state index contributed by atoms with van der Waals surface area (Å²) in [5.74, 6) is 0.913. The molecule has 1 heterocycles. The lowest BCUT2D eigenvalue weighted by molar-refractivity contribution is -0.118. The lowest BCUT2D eigenvalue weighted by Gasteiger charge is -2.33. The minimum Gasteiger partial charge on any atom is -0.484 e. The van der Waals surface area contributed by atoms with Gasteiger partial charge in [-0.25, -0.2) is 0 Å². The van der Waals surface area contributed by atoms with Crippen molar-refractivity contribution in [2.75, 3.05) is 11.9 Å². The second kappa shape index (κ2) is 9.43. The number of amides is 2. The van der Waals surface area contributed by atoms with Gasteiger partial charge in [0, 0.05) is 4.88 Å². The molecule has 0 spiro atoms.